The van der Waals surface area contributed by atoms with Crippen LogP contribution >= 0.6 is 0 Å². The van der Waals surface area contributed by atoms with E-state index in [0.717, 1.165) is 25.4 Å². The maximum Gasteiger partial charge on any atom is 0.129 e. The van der Waals surface area contributed by atoms with Crippen molar-refractivity contribution in [1.29, 1.82) is 5.26 Å². The van der Waals surface area contributed by atoms with E-state index in [1.54, 1.807) is 25.4 Å². The van der Waals surface area contributed by atoms with Crippen LogP contribution in [0, 0.1) is 11.3 Å². The summed E-state index contributed by atoms with van der Waals surface area (Å²) in [5.41, 5.74) is 0.638. The van der Waals surface area contributed by atoms with Crippen LogP contribution in [-0.4, -0.2) is 32.3 Å². The molecule has 0 saturated carbocycles. The third-order valence-electron chi connectivity index (χ3n) is 2.11. The molecule has 0 radical (unpaired) electrons. The number of aromatic nitrogens is 1. The minimum absolute atomic E-state index is 0.638. The molecular formula is C11H15N3O. The van der Waals surface area contributed by atoms with E-state index in [9.17, 15) is 0 Å². The highest BCUT2D eigenvalue weighted by molar-refractivity contribution is 5.44. The van der Waals surface area contributed by atoms with E-state index in [2.05, 4.69) is 11.1 Å². The summed E-state index contributed by atoms with van der Waals surface area (Å²) in [5, 5.41) is 8.74. The number of rotatable bonds is 5. The summed E-state index contributed by atoms with van der Waals surface area (Å²) in [6.45, 7) is 1.61. The Morgan fingerprint density at radius 3 is 3.07 bits per heavy atom. The van der Waals surface area contributed by atoms with Crippen molar-refractivity contribution in [3.8, 4) is 6.07 Å². The first-order chi connectivity index (χ1) is 7.27. The molecule has 0 saturated heterocycles. The van der Waals surface area contributed by atoms with Crippen LogP contribution in [0.3, 0.4) is 0 Å². The van der Waals surface area contributed by atoms with Gasteiger partial charge in [-0.2, -0.15) is 5.26 Å². The molecule has 0 bridgehead atoms. The molecule has 15 heavy (non-hydrogen) atoms. The Bertz CT molecular complexity index is 346. The molecule has 1 rings (SSSR count). The average molecular weight is 205 g/mol. The third-order valence-corrected chi connectivity index (χ3v) is 2.11. The Balaban J connectivity index is 2.57. The summed E-state index contributed by atoms with van der Waals surface area (Å²) < 4.78 is 4.97. The topological polar surface area (TPSA) is 49.1 Å². The summed E-state index contributed by atoms with van der Waals surface area (Å²) in [7, 11) is 3.65. The fourth-order valence-electron chi connectivity index (χ4n) is 1.26. The van der Waals surface area contributed by atoms with Crippen LogP contribution in [0.25, 0.3) is 0 Å². The molecule has 0 spiro atoms. The number of hydrogen-bond donors (Lipinski definition) is 0. The molecule has 4 heteroatoms. The second-order valence-corrected chi connectivity index (χ2v) is 3.28. The van der Waals surface area contributed by atoms with E-state index in [0.29, 0.717) is 5.56 Å². The van der Waals surface area contributed by atoms with Crippen LogP contribution in [0.1, 0.15) is 12.0 Å². The molecule has 0 N–H and O–H groups in total. The lowest BCUT2D eigenvalue weighted by Crippen LogP contribution is -2.20. The first-order valence-corrected chi connectivity index (χ1v) is 4.84. The van der Waals surface area contributed by atoms with Crippen molar-refractivity contribution in [3.05, 3.63) is 23.9 Å². The molecule has 0 amide bonds. The zero-order valence-corrected chi connectivity index (χ0v) is 9.10. The third kappa shape index (κ3) is 3.56. The molecule has 1 heterocycles. The molecule has 0 unspecified atom stereocenters. The van der Waals surface area contributed by atoms with E-state index >= 15 is 0 Å². The van der Waals surface area contributed by atoms with Gasteiger partial charge in [0.2, 0.25) is 0 Å². The summed E-state index contributed by atoms with van der Waals surface area (Å²) in [5.74, 6) is 0.824. The van der Waals surface area contributed by atoms with Gasteiger partial charge in [0.15, 0.2) is 0 Å². The first-order valence-electron chi connectivity index (χ1n) is 4.84. The smallest absolute Gasteiger partial charge is 0.129 e. The second-order valence-electron chi connectivity index (χ2n) is 3.28. The predicted octanol–water partition coefficient (Wildman–Crippen LogP) is 1.43. The van der Waals surface area contributed by atoms with Gasteiger partial charge in [-0.15, -0.1) is 0 Å². The fourth-order valence-corrected chi connectivity index (χ4v) is 1.26. The quantitative estimate of drug-likeness (QED) is 0.682. The van der Waals surface area contributed by atoms with E-state index in [4.69, 9.17) is 10.00 Å². The predicted molar refractivity (Wildman–Crippen MR) is 58.7 cm³/mol. The number of pyridine rings is 1. The number of ether oxygens (including phenoxy) is 1. The van der Waals surface area contributed by atoms with Crippen molar-refractivity contribution >= 4 is 5.82 Å². The van der Waals surface area contributed by atoms with Gasteiger partial charge in [-0.25, -0.2) is 4.98 Å². The average Bonchev–Trinajstić information content (AvgIpc) is 2.29. The Hall–Kier alpha value is -1.60. The largest absolute Gasteiger partial charge is 0.385 e. The summed E-state index contributed by atoms with van der Waals surface area (Å²) in [6, 6.07) is 5.58. The lowest BCUT2D eigenvalue weighted by atomic mass is 10.3. The maximum atomic E-state index is 8.74. The zero-order chi connectivity index (χ0) is 11.1. The summed E-state index contributed by atoms with van der Waals surface area (Å²) >= 11 is 0. The Labute approximate surface area is 90.1 Å². The highest BCUT2D eigenvalue weighted by atomic mass is 16.5. The van der Waals surface area contributed by atoms with Crippen molar-refractivity contribution in [2.45, 2.75) is 6.42 Å². The van der Waals surface area contributed by atoms with Gasteiger partial charge in [0.25, 0.3) is 0 Å². The van der Waals surface area contributed by atoms with Crippen LogP contribution in [0.5, 0.6) is 0 Å². The molecule has 0 aliphatic carbocycles. The van der Waals surface area contributed by atoms with Crippen LogP contribution in [-0.2, 0) is 4.74 Å². The summed E-state index contributed by atoms with van der Waals surface area (Å²) in [6.07, 6.45) is 2.60. The van der Waals surface area contributed by atoms with Crippen molar-refractivity contribution < 1.29 is 4.74 Å². The molecule has 80 valence electrons. The van der Waals surface area contributed by atoms with Crippen molar-refractivity contribution in [3.63, 3.8) is 0 Å². The van der Waals surface area contributed by atoms with Crippen LogP contribution in [0.15, 0.2) is 18.3 Å². The molecular weight excluding hydrogens is 190 g/mol. The van der Waals surface area contributed by atoms with E-state index in [1.807, 2.05) is 11.9 Å². The SMILES string of the molecule is COCCCN(C)c1cc(C#N)ccn1. The van der Waals surface area contributed by atoms with Crippen molar-refractivity contribution in [2.24, 2.45) is 0 Å². The van der Waals surface area contributed by atoms with E-state index in [-0.39, 0.29) is 0 Å². The second kappa shape index (κ2) is 5.99. The van der Waals surface area contributed by atoms with Crippen LogP contribution in [0.2, 0.25) is 0 Å². The molecule has 0 aliphatic heterocycles. The molecule has 0 aliphatic rings. The number of nitrogens with zero attached hydrogens (tertiary/aromatic N) is 3. The Morgan fingerprint density at radius 2 is 2.40 bits per heavy atom. The number of methoxy groups -OCH3 is 1. The molecule has 1 aromatic heterocycles. The van der Waals surface area contributed by atoms with Gasteiger partial charge in [-0.1, -0.05) is 0 Å². The van der Waals surface area contributed by atoms with Gasteiger partial charge in [-0.3, -0.25) is 0 Å². The van der Waals surface area contributed by atoms with Crippen molar-refractivity contribution in [2.75, 3.05) is 32.2 Å². The maximum absolute atomic E-state index is 8.74. The van der Waals surface area contributed by atoms with Gasteiger partial charge < -0.3 is 9.64 Å². The van der Waals surface area contributed by atoms with Crippen molar-refractivity contribution in [1.82, 2.24) is 4.98 Å². The lowest BCUT2D eigenvalue weighted by molar-refractivity contribution is 0.196. The summed E-state index contributed by atoms with van der Waals surface area (Å²) in [4.78, 5) is 6.21. The van der Waals surface area contributed by atoms with Crippen LogP contribution < -0.4 is 4.90 Å². The van der Waals surface area contributed by atoms with E-state index < -0.39 is 0 Å². The lowest BCUT2D eigenvalue weighted by Gasteiger charge is -2.17. The standard InChI is InChI=1S/C11H15N3O/c1-14(6-3-7-15-2)11-8-10(9-12)4-5-13-11/h4-5,8H,3,6-7H2,1-2H3. The molecule has 0 aromatic carbocycles. The molecule has 0 atom stereocenters. The number of anilines is 1. The molecule has 4 nitrogen and oxygen atoms in total. The Morgan fingerprint density at radius 1 is 1.60 bits per heavy atom. The Kier molecular flexibility index (Phi) is 4.58. The highest BCUT2D eigenvalue weighted by Gasteiger charge is 2.02. The molecule has 0 fully saturated rings. The zero-order valence-electron chi connectivity index (χ0n) is 9.10. The van der Waals surface area contributed by atoms with Crippen LogP contribution in [0.4, 0.5) is 5.82 Å². The monoisotopic (exact) mass is 205 g/mol. The van der Waals surface area contributed by atoms with Gasteiger partial charge in [0.1, 0.15) is 5.82 Å². The van der Waals surface area contributed by atoms with Gasteiger partial charge in [0.05, 0.1) is 11.6 Å². The van der Waals surface area contributed by atoms with Gasteiger partial charge >= 0.3 is 0 Å². The van der Waals surface area contributed by atoms with Gasteiger partial charge in [-0.05, 0) is 18.6 Å². The highest BCUT2D eigenvalue weighted by Crippen LogP contribution is 2.10. The first kappa shape index (κ1) is 11.5. The fraction of sp³-hybridized carbons (Fsp3) is 0.455. The molecule has 1 aromatic rings. The number of hydrogen-bond acceptors (Lipinski definition) is 4. The minimum Gasteiger partial charge on any atom is -0.385 e. The normalized spacial score (nSPS) is 9.67. The minimum atomic E-state index is 0.638. The number of nitriles is 1. The van der Waals surface area contributed by atoms with E-state index in [1.165, 1.54) is 0 Å². The van der Waals surface area contributed by atoms with Gasteiger partial charge in [0, 0.05) is 33.5 Å².